The third-order valence-electron chi connectivity index (χ3n) is 4.88. The minimum absolute atomic E-state index is 0.187. The largest absolute Gasteiger partial charge is 0.374 e. The van der Waals surface area contributed by atoms with E-state index in [1.807, 2.05) is 56.4 Å². The number of carbonyl (C=O) groups is 1. The van der Waals surface area contributed by atoms with Gasteiger partial charge in [0.2, 0.25) is 0 Å². The molecular weight excluding hydrogens is 348 g/mol. The van der Waals surface area contributed by atoms with Crippen LogP contribution in [0.15, 0.2) is 61.1 Å². The van der Waals surface area contributed by atoms with Crippen LogP contribution in [0, 0.1) is 6.92 Å². The molecule has 5 heteroatoms. The van der Waals surface area contributed by atoms with E-state index in [0.717, 1.165) is 41.9 Å². The standard InChI is InChI=1S/C23H26N4O/c1-4-19-7-5-6-17(2)22(19)26-23(28)21-16-20(10-14-25-21)27(3)15-11-18-8-12-24-13-9-18/h5-10,12-14,16H,4,11,15H2,1-3H3,(H,26,28). The highest BCUT2D eigenvalue weighted by Gasteiger charge is 2.13. The number of pyridine rings is 2. The molecule has 0 saturated heterocycles. The van der Waals surface area contributed by atoms with E-state index in [1.165, 1.54) is 5.56 Å². The zero-order chi connectivity index (χ0) is 19.9. The first-order valence-electron chi connectivity index (χ1n) is 9.54. The number of rotatable bonds is 7. The van der Waals surface area contributed by atoms with Crippen LogP contribution in [0.2, 0.25) is 0 Å². The lowest BCUT2D eigenvalue weighted by atomic mass is 10.1. The minimum Gasteiger partial charge on any atom is -0.374 e. The summed E-state index contributed by atoms with van der Waals surface area (Å²) in [6, 6.07) is 13.9. The molecule has 0 aliphatic carbocycles. The Kier molecular flexibility index (Phi) is 6.37. The number of nitrogens with one attached hydrogen (secondary N) is 1. The fraction of sp³-hybridized carbons (Fsp3) is 0.261. The molecule has 0 atom stereocenters. The van der Waals surface area contributed by atoms with Gasteiger partial charge in [0.15, 0.2) is 0 Å². The number of likely N-dealkylation sites (N-methyl/N-ethyl adjacent to an activating group) is 1. The van der Waals surface area contributed by atoms with Crippen molar-refractivity contribution in [3.63, 3.8) is 0 Å². The molecule has 0 aliphatic rings. The van der Waals surface area contributed by atoms with Gasteiger partial charge in [-0.2, -0.15) is 0 Å². The van der Waals surface area contributed by atoms with Crippen molar-refractivity contribution >= 4 is 17.3 Å². The quantitative estimate of drug-likeness (QED) is 0.671. The van der Waals surface area contributed by atoms with Crippen molar-refractivity contribution in [2.45, 2.75) is 26.7 Å². The number of anilines is 2. The van der Waals surface area contributed by atoms with Gasteiger partial charge >= 0.3 is 0 Å². The second-order valence-corrected chi connectivity index (χ2v) is 6.84. The minimum atomic E-state index is -0.187. The van der Waals surface area contributed by atoms with Crippen LogP contribution in [0.4, 0.5) is 11.4 Å². The lowest BCUT2D eigenvalue weighted by Crippen LogP contribution is -2.22. The van der Waals surface area contributed by atoms with Crippen molar-refractivity contribution in [3.8, 4) is 0 Å². The number of hydrogen-bond donors (Lipinski definition) is 1. The molecule has 28 heavy (non-hydrogen) atoms. The summed E-state index contributed by atoms with van der Waals surface area (Å²) in [6.07, 6.45) is 7.07. The van der Waals surface area contributed by atoms with E-state index in [4.69, 9.17) is 0 Å². The summed E-state index contributed by atoms with van der Waals surface area (Å²) >= 11 is 0. The van der Waals surface area contributed by atoms with Gasteiger partial charge in [0.1, 0.15) is 5.69 Å². The SMILES string of the molecule is CCc1cccc(C)c1NC(=O)c1cc(N(C)CCc2ccncc2)ccn1. The average molecular weight is 374 g/mol. The Hall–Kier alpha value is -3.21. The molecule has 0 unspecified atom stereocenters. The number of carbonyl (C=O) groups excluding carboxylic acids is 1. The molecule has 1 N–H and O–H groups in total. The molecule has 2 aromatic heterocycles. The Morgan fingerprint density at radius 2 is 1.89 bits per heavy atom. The van der Waals surface area contributed by atoms with Gasteiger partial charge in [-0.15, -0.1) is 0 Å². The van der Waals surface area contributed by atoms with Crippen LogP contribution >= 0.6 is 0 Å². The zero-order valence-corrected chi connectivity index (χ0v) is 16.6. The van der Waals surface area contributed by atoms with Gasteiger partial charge in [-0.05, 0) is 60.7 Å². The zero-order valence-electron chi connectivity index (χ0n) is 16.6. The Balaban J connectivity index is 1.71. The number of hydrogen-bond acceptors (Lipinski definition) is 4. The van der Waals surface area contributed by atoms with E-state index >= 15 is 0 Å². The Bertz CT molecular complexity index is 940. The van der Waals surface area contributed by atoms with Gasteiger partial charge in [0.25, 0.3) is 5.91 Å². The first-order chi connectivity index (χ1) is 13.6. The summed E-state index contributed by atoms with van der Waals surface area (Å²) in [5.74, 6) is -0.187. The van der Waals surface area contributed by atoms with Gasteiger partial charge < -0.3 is 10.2 Å². The van der Waals surface area contributed by atoms with Crippen LogP contribution in [-0.2, 0) is 12.8 Å². The monoisotopic (exact) mass is 374 g/mol. The molecule has 0 radical (unpaired) electrons. The highest BCUT2D eigenvalue weighted by molar-refractivity contribution is 6.04. The molecule has 144 valence electrons. The lowest BCUT2D eigenvalue weighted by Gasteiger charge is -2.20. The molecule has 0 aliphatic heterocycles. The van der Waals surface area contributed by atoms with Crippen LogP contribution in [0.1, 0.15) is 34.1 Å². The average Bonchev–Trinajstić information content (AvgIpc) is 2.74. The number of amides is 1. The lowest BCUT2D eigenvalue weighted by molar-refractivity contribution is 0.102. The molecule has 0 spiro atoms. The Morgan fingerprint density at radius 1 is 1.11 bits per heavy atom. The van der Waals surface area contributed by atoms with Crippen molar-refractivity contribution in [1.82, 2.24) is 9.97 Å². The second kappa shape index (κ2) is 9.13. The van der Waals surface area contributed by atoms with E-state index < -0.39 is 0 Å². The third-order valence-corrected chi connectivity index (χ3v) is 4.88. The normalized spacial score (nSPS) is 10.5. The fourth-order valence-electron chi connectivity index (χ4n) is 3.14. The highest BCUT2D eigenvalue weighted by Crippen LogP contribution is 2.22. The van der Waals surface area contributed by atoms with Gasteiger partial charge in [-0.25, -0.2) is 0 Å². The molecule has 5 nitrogen and oxygen atoms in total. The fourth-order valence-corrected chi connectivity index (χ4v) is 3.14. The summed E-state index contributed by atoms with van der Waals surface area (Å²) in [5, 5.41) is 3.04. The predicted molar refractivity (Wildman–Crippen MR) is 114 cm³/mol. The molecule has 3 aromatic rings. The predicted octanol–water partition coefficient (Wildman–Crippen LogP) is 4.28. The number of benzene rings is 1. The van der Waals surface area contributed by atoms with Crippen LogP contribution in [0.3, 0.4) is 0 Å². The van der Waals surface area contributed by atoms with Crippen molar-refractivity contribution in [2.24, 2.45) is 0 Å². The van der Waals surface area contributed by atoms with Gasteiger partial charge in [-0.1, -0.05) is 25.1 Å². The van der Waals surface area contributed by atoms with Gasteiger partial charge in [-0.3, -0.25) is 14.8 Å². The van der Waals surface area contributed by atoms with E-state index in [0.29, 0.717) is 5.69 Å². The smallest absolute Gasteiger partial charge is 0.274 e. The summed E-state index contributed by atoms with van der Waals surface area (Å²) in [7, 11) is 2.02. The molecule has 0 fully saturated rings. The number of aromatic nitrogens is 2. The maximum atomic E-state index is 12.8. The number of nitrogens with zero attached hydrogens (tertiary/aromatic N) is 3. The first kappa shape index (κ1) is 19.5. The summed E-state index contributed by atoms with van der Waals surface area (Å²) in [5.41, 5.74) is 5.68. The number of aryl methyl sites for hydroxylation is 2. The third kappa shape index (κ3) is 4.74. The second-order valence-electron chi connectivity index (χ2n) is 6.84. The van der Waals surface area contributed by atoms with Crippen molar-refractivity contribution in [1.29, 1.82) is 0 Å². The Morgan fingerprint density at radius 3 is 2.64 bits per heavy atom. The van der Waals surface area contributed by atoms with Gasteiger partial charge in [0, 0.05) is 43.6 Å². The first-order valence-corrected chi connectivity index (χ1v) is 9.54. The van der Waals surface area contributed by atoms with Crippen LogP contribution < -0.4 is 10.2 Å². The van der Waals surface area contributed by atoms with Crippen molar-refractivity contribution in [2.75, 3.05) is 23.8 Å². The molecule has 3 rings (SSSR count). The molecule has 1 amide bonds. The molecule has 1 aromatic carbocycles. The van der Waals surface area contributed by atoms with Crippen LogP contribution in [0.5, 0.6) is 0 Å². The Labute approximate surface area is 166 Å². The van der Waals surface area contributed by atoms with Crippen LogP contribution in [-0.4, -0.2) is 29.5 Å². The molecule has 2 heterocycles. The van der Waals surface area contributed by atoms with Crippen molar-refractivity contribution in [3.05, 3.63) is 83.4 Å². The summed E-state index contributed by atoms with van der Waals surface area (Å²) < 4.78 is 0. The van der Waals surface area contributed by atoms with E-state index in [2.05, 4.69) is 27.1 Å². The maximum absolute atomic E-state index is 12.8. The highest BCUT2D eigenvalue weighted by atomic mass is 16.1. The molecule has 0 bridgehead atoms. The maximum Gasteiger partial charge on any atom is 0.274 e. The molecule has 0 saturated carbocycles. The number of para-hydroxylation sites is 1. The van der Waals surface area contributed by atoms with E-state index in [-0.39, 0.29) is 5.91 Å². The molecular formula is C23H26N4O. The van der Waals surface area contributed by atoms with Crippen molar-refractivity contribution < 1.29 is 4.79 Å². The van der Waals surface area contributed by atoms with Crippen LogP contribution in [0.25, 0.3) is 0 Å². The van der Waals surface area contributed by atoms with E-state index in [1.54, 1.807) is 18.6 Å². The van der Waals surface area contributed by atoms with Gasteiger partial charge in [0.05, 0.1) is 0 Å². The van der Waals surface area contributed by atoms with E-state index in [9.17, 15) is 4.79 Å². The summed E-state index contributed by atoms with van der Waals surface area (Å²) in [6.45, 7) is 4.93. The topological polar surface area (TPSA) is 58.1 Å². The summed E-state index contributed by atoms with van der Waals surface area (Å²) in [4.78, 5) is 23.2.